The highest BCUT2D eigenvalue weighted by molar-refractivity contribution is 5.96. The standard InChI is InChI=1S/C18H18N2O2/c1-3-12-8-7-9-13(4-2)16(12)20(22)17-14-10-5-6-11-15(14)18(21)19-17/h5-11H,3-4H2,1-2H3,(H-,19,21,22)/p+1. The fourth-order valence-corrected chi connectivity index (χ4v) is 2.89. The first kappa shape index (κ1) is 14.3. The largest absolute Gasteiger partial charge is 0.477 e. The van der Waals surface area contributed by atoms with Crippen LogP contribution in [0.3, 0.4) is 0 Å². The van der Waals surface area contributed by atoms with E-state index in [0.717, 1.165) is 34.1 Å². The summed E-state index contributed by atoms with van der Waals surface area (Å²) >= 11 is 0. The summed E-state index contributed by atoms with van der Waals surface area (Å²) in [4.78, 5) is 15.8. The Morgan fingerprint density at radius 3 is 2.14 bits per heavy atom. The number of fused-ring (bicyclic) bond motifs is 1. The number of nitroso groups, excluding NO2 is 1. The van der Waals surface area contributed by atoms with E-state index in [0.29, 0.717) is 16.9 Å². The molecule has 3 aromatic rings. The average molecular weight is 295 g/mol. The van der Waals surface area contributed by atoms with Gasteiger partial charge in [0.1, 0.15) is 0 Å². The number of nitrogens with zero attached hydrogens (tertiary/aromatic N) is 1. The van der Waals surface area contributed by atoms with Crippen LogP contribution in [0, 0.1) is 4.91 Å². The van der Waals surface area contributed by atoms with Gasteiger partial charge < -0.3 is 5.11 Å². The SMILES string of the molecule is CCc1cccc(CC)c1[N+](=O)c1[nH]c(O)c2ccccc12. The minimum absolute atomic E-state index is 0.0264. The minimum Gasteiger partial charge on any atom is -0.477 e. The summed E-state index contributed by atoms with van der Waals surface area (Å²) in [5.41, 5.74) is 2.69. The lowest BCUT2D eigenvalue weighted by Crippen LogP contribution is -2.06. The van der Waals surface area contributed by atoms with Gasteiger partial charge >= 0.3 is 5.82 Å². The van der Waals surface area contributed by atoms with Gasteiger partial charge in [-0.05, 0) is 25.0 Å². The van der Waals surface area contributed by atoms with Gasteiger partial charge in [0.05, 0.1) is 10.8 Å². The van der Waals surface area contributed by atoms with Crippen molar-refractivity contribution < 1.29 is 5.11 Å². The molecule has 2 aromatic carbocycles. The fraction of sp³-hybridized carbons (Fsp3) is 0.222. The second-order valence-electron chi connectivity index (χ2n) is 5.29. The zero-order valence-electron chi connectivity index (χ0n) is 12.8. The maximum atomic E-state index is 13.0. The average Bonchev–Trinajstić information content (AvgIpc) is 2.90. The molecule has 1 heterocycles. The molecule has 0 aliphatic carbocycles. The fourth-order valence-electron chi connectivity index (χ4n) is 2.89. The molecule has 0 unspecified atom stereocenters. The summed E-state index contributed by atoms with van der Waals surface area (Å²) in [6.07, 6.45) is 1.57. The molecule has 22 heavy (non-hydrogen) atoms. The number of aromatic hydroxyl groups is 1. The first-order chi connectivity index (χ1) is 10.7. The normalized spacial score (nSPS) is 11.0. The number of aromatic nitrogens is 1. The highest BCUT2D eigenvalue weighted by atomic mass is 16.3. The van der Waals surface area contributed by atoms with Gasteiger partial charge in [-0.3, -0.25) is 0 Å². The Kier molecular flexibility index (Phi) is 3.67. The first-order valence-electron chi connectivity index (χ1n) is 7.55. The molecule has 0 atom stereocenters. The molecule has 0 spiro atoms. The molecular formula is C18H19N2O2+. The Hall–Kier alpha value is -2.62. The molecule has 1 aromatic heterocycles. The van der Waals surface area contributed by atoms with Crippen molar-refractivity contribution in [2.24, 2.45) is 0 Å². The van der Waals surface area contributed by atoms with Crippen LogP contribution in [0.5, 0.6) is 5.88 Å². The minimum atomic E-state index is 0.0264. The summed E-state index contributed by atoms with van der Waals surface area (Å²) in [6, 6.07) is 13.3. The Bertz CT molecular complexity index is 827. The zero-order valence-corrected chi connectivity index (χ0v) is 12.8. The summed E-state index contributed by atoms with van der Waals surface area (Å²) in [7, 11) is 0. The molecular weight excluding hydrogens is 276 g/mol. The van der Waals surface area contributed by atoms with Crippen molar-refractivity contribution in [2.75, 3.05) is 0 Å². The Labute approximate surface area is 129 Å². The molecule has 4 nitrogen and oxygen atoms in total. The molecule has 0 fully saturated rings. The second-order valence-corrected chi connectivity index (χ2v) is 5.29. The number of nitrogens with one attached hydrogen (secondary N) is 1. The van der Waals surface area contributed by atoms with Gasteiger partial charge in [0.2, 0.25) is 0 Å². The van der Waals surface area contributed by atoms with Crippen molar-refractivity contribution in [3.63, 3.8) is 0 Å². The predicted molar refractivity (Wildman–Crippen MR) is 90.0 cm³/mol. The van der Waals surface area contributed by atoms with Crippen LogP contribution in [0.1, 0.15) is 25.0 Å². The van der Waals surface area contributed by atoms with Gasteiger partial charge in [0.25, 0.3) is 5.88 Å². The number of aromatic amines is 1. The smallest absolute Gasteiger partial charge is 0.335 e. The quantitative estimate of drug-likeness (QED) is 0.691. The predicted octanol–water partition coefficient (Wildman–Crippen LogP) is 4.60. The molecule has 0 saturated carbocycles. The molecule has 3 rings (SSSR count). The third-order valence-electron chi connectivity index (χ3n) is 4.05. The van der Waals surface area contributed by atoms with Crippen LogP contribution in [-0.4, -0.2) is 10.1 Å². The number of para-hydroxylation sites is 1. The van der Waals surface area contributed by atoms with Crippen LogP contribution >= 0.6 is 0 Å². The van der Waals surface area contributed by atoms with E-state index in [1.807, 2.05) is 50.2 Å². The molecule has 4 heteroatoms. The highest BCUT2D eigenvalue weighted by Crippen LogP contribution is 2.36. The van der Waals surface area contributed by atoms with E-state index in [2.05, 4.69) is 4.98 Å². The van der Waals surface area contributed by atoms with Gasteiger partial charge in [-0.25, -0.2) is 4.98 Å². The van der Waals surface area contributed by atoms with E-state index in [1.165, 1.54) is 0 Å². The highest BCUT2D eigenvalue weighted by Gasteiger charge is 2.27. The number of hydrogen-bond donors (Lipinski definition) is 2. The van der Waals surface area contributed by atoms with Gasteiger partial charge in [-0.2, -0.15) is 0 Å². The topological polar surface area (TPSA) is 56.1 Å². The number of aryl methyl sites for hydroxylation is 2. The van der Waals surface area contributed by atoms with Crippen LogP contribution in [-0.2, 0) is 12.8 Å². The van der Waals surface area contributed by atoms with E-state index >= 15 is 0 Å². The van der Waals surface area contributed by atoms with Crippen LogP contribution in [0.15, 0.2) is 42.5 Å². The molecule has 112 valence electrons. The van der Waals surface area contributed by atoms with Crippen molar-refractivity contribution in [1.82, 2.24) is 9.74 Å². The zero-order chi connectivity index (χ0) is 15.7. The van der Waals surface area contributed by atoms with Crippen LogP contribution in [0.4, 0.5) is 11.5 Å². The molecule has 0 radical (unpaired) electrons. The summed E-state index contributed by atoms with van der Waals surface area (Å²) < 4.78 is 0.916. The van der Waals surface area contributed by atoms with E-state index in [9.17, 15) is 10.0 Å². The summed E-state index contributed by atoms with van der Waals surface area (Å²) in [6.45, 7) is 4.08. The Balaban J connectivity index is 2.23. The van der Waals surface area contributed by atoms with Crippen LogP contribution < -0.4 is 4.76 Å². The van der Waals surface area contributed by atoms with Crippen molar-refractivity contribution in [3.8, 4) is 5.88 Å². The number of H-pyrrole nitrogens is 1. The van der Waals surface area contributed by atoms with Crippen molar-refractivity contribution in [2.45, 2.75) is 26.7 Å². The summed E-state index contributed by atoms with van der Waals surface area (Å²) in [5, 5.41) is 11.4. The monoisotopic (exact) mass is 295 g/mol. The van der Waals surface area contributed by atoms with Crippen molar-refractivity contribution in [1.29, 1.82) is 0 Å². The van der Waals surface area contributed by atoms with Crippen LogP contribution in [0.25, 0.3) is 10.8 Å². The Morgan fingerprint density at radius 2 is 1.55 bits per heavy atom. The number of rotatable bonds is 4. The maximum absolute atomic E-state index is 13.0. The molecule has 0 saturated heterocycles. The first-order valence-corrected chi connectivity index (χ1v) is 7.55. The third kappa shape index (κ3) is 2.17. The summed E-state index contributed by atoms with van der Waals surface area (Å²) in [5.74, 6) is 0.405. The second kappa shape index (κ2) is 5.64. The lowest BCUT2D eigenvalue weighted by Gasteiger charge is -2.07. The van der Waals surface area contributed by atoms with Gasteiger partial charge in [0, 0.05) is 15.9 Å². The van der Waals surface area contributed by atoms with Crippen molar-refractivity contribution >= 4 is 22.3 Å². The van der Waals surface area contributed by atoms with E-state index in [-0.39, 0.29) is 5.88 Å². The number of hydrogen-bond acceptors (Lipinski definition) is 2. The number of benzene rings is 2. The van der Waals surface area contributed by atoms with Crippen LogP contribution in [0.2, 0.25) is 0 Å². The molecule has 0 aliphatic heterocycles. The van der Waals surface area contributed by atoms with Crippen molar-refractivity contribution in [3.05, 3.63) is 58.5 Å². The third-order valence-corrected chi connectivity index (χ3v) is 4.05. The molecule has 0 amide bonds. The molecule has 2 N–H and O–H groups in total. The lowest BCUT2D eigenvalue weighted by molar-refractivity contribution is 0.462. The molecule has 0 bridgehead atoms. The van der Waals surface area contributed by atoms with E-state index < -0.39 is 0 Å². The van der Waals surface area contributed by atoms with Gasteiger partial charge in [-0.15, -0.1) is 0 Å². The van der Waals surface area contributed by atoms with Gasteiger partial charge in [0.15, 0.2) is 5.69 Å². The van der Waals surface area contributed by atoms with E-state index in [1.54, 1.807) is 6.07 Å². The molecule has 0 aliphatic rings. The Morgan fingerprint density at radius 1 is 0.955 bits per heavy atom. The van der Waals surface area contributed by atoms with Gasteiger partial charge in [-0.1, -0.05) is 49.1 Å². The van der Waals surface area contributed by atoms with E-state index in [4.69, 9.17) is 0 Å². The maximum Gasteiger partial charge on any atom is 0.335 e. The lowest BCUT2D eigenvalue weighted by atomic mass is 10.0.